The smallest absolute Gasteiger partial charge is 0.291 e. The van der Waals surface area contributed by atoms with Crippen LogP contribution < -0.4 is 10.6 Å². The fourth-order valence-electron chi connectivity index (χ4n) is 3.83. The molecule has 4 rings (SSSR count). The van der Waals surface area contributed by atoms with Crippen molar-refractivity contribution in [1.82, 2.24) is 5.32 Å². The number of rotatable bonds is 5. The predicted molar refractivity (Wildman–Crippen MR) is 107 cm³/mol. The first-order chi connectivity index (χ1) is 14.1. The van der Waals surface area contributed by atoms with E-state index in [0.29, 0.717) is 11.3 Å². The van der Waals surface area contributed by atoms with E-state index >= 15 is 0 Å². The van der Waals surface area contributed by atoms with Crippen LogP contribution >= 0.6 is 0 Å². The second kappa shape index (κ2) is 7.91. The highest BCUT2D eigenvalue weighted by molar-refractivity contribution is 6.02. The molecule has 0 atom stereocenters. The molecule has 1 saturated carbocycles. The molecule has 1 aliphatic rings. The second-order valence-corrected chi connectivity index (χ2v) is 7.26. The minimum Gasteiger partial charge on any atom is -0.459 e. The van der Waals surface area contributed by atoms with Gasteiger partial charge in [0.2, 0.25) is 0 Å². The second-order valence-electron chi connectivity index (χ2n) is 7.26. The number of furan rings is 1. The van der Waals surface area contributed by atoms with Gasteiger partial charge in [0.25, 0.3) is 11.8 Å². The van der Waals surface area contributed by atoms with E-state index in [9.17, 15) is 14.0 Å². The number of halogens is 1. The summed E-state index contributed by atoms with van der Waals surface area (Å²) < 4.78 is 18.4. The van der Waals surface area contributed by atoms with Crippen LogP contribution in [0.2, 0.25) is 0 Å². The van der Waals surface area contributed by atoms with Gasteiger partial charge in [-0.1, -0.05) is 25.0 Å². The summed E-state index contributed by atoms with van der Waals surface area (Å²) in [5.41, 5.74) is 1.51. The zero-order valence-electron chi connectivity index (χ0n) is 15.8. The first-order valence-electron chi connectivity index (χ1n) is 9.59. The van der Waals surface area contributed by atoms with E-state index in [4.69, 9.17) is 4.42 Å². The molecule has 0 spiro atoms. The standard InChI is InChI=1S/C23H21FN2O3/c24-18-9-7-17(8-10-18)23(13-1-2-14-23)26-21(27)16-5-11-19(12-6-16)25-22(28)20-4-3-15-29-20/h3-12,15H,1-2,13-14H2,(H,25,28)(H,26,27). The summed E-state index contributed by atoms with van der Waals surface area (Å²) in [4.78, 5) is 24.9. The Labute approximate surface area is 167 Å². The summed E-state index contributed by atoms with van der Waals surface area (Å²) in [7, 11) is 0. The van der Waals surface area contributed by atoms with Crippen molar-refractivity contribution in [2.45, 2.75) is 31.2 Å². The van der Waals surface area contributed by atoms with Crippen LogP contribution in [-0.4, -0.2) is 11.8 Å². The Morgan fingerprint density at radius 1 is 0.897 bits per heavy atom. The molecule has 5 nitrogen and oxygen atoms in total. The zero-order valence-corrected chi connectivity index (χ0v) is 15.8. The molecule has 1 aliphatic carbocycles. The van der Waals surface area contributed by atoms with E-state index in [2.05, 4.69) is 10.6 Å². The number of nitrogens with one attached hydrogen (secondary N) is 2. The van der Waals surface area contributed by atoms with Crippen molar-refractivity contribution < 1.29 is 18.4 Å². The average molecular weight is 392 g/mol. The Bertz CT molecular complexity index is 990. The van der Waals surface area contributed by atoms with E-state index in [1.807, 2.05) is 0 Å². The largest absolute Gasteiger partial charge is 0.459 e. The van der Waals surface area contributed by atoms with E-state index in [1.165, 1.54) is 18.4 Å². The van der Waals surface area contributed by atoms with Crippen molar-refractivity contribution in [3.8, 4) is 0 Å². The van der Waals surface area contributed by atoms with Crippen LogP contribution in [0.1, 0.15) is 52.2 Å². The molecule has 0 saturated heterocycles. The Kier molecular flexibility index (Phi) is 5.16. The minimum absolute atomic E-state index is 0.194. The Balaban J connectivity index is 1.47. The van der Waals surface area contributed by atoms with Gasteiger partial charge in [0.1, 0.15) is 5.82 Å². The normalized spacial score (nSPS) is 15.1. The molecule has 148 valence electrons. The fourth-order valence-corrected chi connectivity index (χ4v) is 3.83. The highest BCUT2D eigenvalue weighted by atomic mass is 19.1. The summed E-state index contributed by atoms with van der Waals surface area (Å²) in [5, 5.41) is 5.89. The van der Waals surface area contributed by atoms with Crippen LogP contribution in [0.3, 0.4) is 0 Å². The molecule has 1 heterocycles. The molecule has 2 amide bonds. The molecule has 2 N–H and O–H groups in total. The molecule has 0 aliphatic heterocycles. The molecule has 3 aromatic rings. The third kappa shape index (κ3) is 4.06. The number of carbonyl (C=O) groups excluding carboxylic acids is 2. The molecule has 1 fully saturated rings. The highest BCUT2D eigenvalue weighted by Crippen LogP contribution is 2.39. The van der Waals surface area contributed by atoms with Gasteiger partial charge in [-0.05, 0) is 66.9 Å². The molecule has 0 radical (unpaired) electrons. The average Bonchev–Trinajstić information content (AvgIpc) is 3.42. The van der Waals surface area contributed by atoms with E-state index in [1.54, 1.807) is 48.5 Å². The summed E-state index contributed by atoms with van der Waals surface area (Å²) >= 11 is 0. The molecule has 0 unspecified atom stereocenters. The lowest BCUT2D eigenvalue weighted by Gasteiger charge is -2.31. The van der Waals surface area contributed by atoms with Crippen LogP contribution in [0.25, 0.3) is 0 Å². The van der Waals surface area contributed by atoms with Crippen molar-refractivity contribution in [1.29, 1.82) is 0 Å². The van der Waals surface area contributed by atoms with E-state index in [-0.39, 0.29) is 23.4 Å². The van der Waals surface area contributed by atoms with E-state index < -0.39 is 5.54 Å². The van der Waals surface area contributed by atoms with E-state index in [0.717, 1.165) is 31.2 Å². The first-order valence-corrected chi connectivity index (χ1v) is 9.59. The topological polar surface area (TPSA) is 71.3 Å². The molecule has 0 bridgehead atoms. The SMILES string of the molecule is O=C(NC1(c2ccc(F)cc2)CCCC1)c1ccc(NC(=O)c2ccco2)cc1. The van der Waals surface area contributed by atoms with Gasteiger partial charge in [-0.2, -0.15) is 0 Å². The van der Waals surface area contributed by atoms with Gasteiger partial charge in [0.05, 0.1) is 11.8 Å². The van der Waals surface area contributed by atoms with Crippen molar-refractivity contribution in [2.75, 3.05) is 5.32 Å². The maximum atomic E-state index is 13.3. The number of carbonyl (C=O) groups is 2. The summed E-state index contributed by atoms with van der Waals surface area (Å²) in [6.45, 7) is 0. The maximum Gasteiger partial charge on any atom is 0.291 e. The molecular weight excluding hydrogens is 371 g/mol. The molecular formula is C23H21FN2O3. The summed E-state index contributed by atoms with van der Waals surface area (Å²) in [6.07, 6.45) is 5.09. The van der Waals surface area contributed by atoms with Gasteiger partial charge in [-0.25, -0.2) is 4.39 Å². The Morgan fingerprint density at radius 3 is 2.21 bits per heavy atom. The predicted octanol–water partition coefficient (Wildman–Crippen LogP) is 4.87. The first kappa shape index (κ1) is 18.9. The molecule has 1 aromatic heterocycles. The zero-order chi connectivity index (χ0) is 20.3. The van der Waals surface area contributed by atoms with Crippen molar-refractivity contribution in [2.24, 2.45) is 0 Å². The minimum atomic E-state index is -0.475. The summed E-state index contributed by atoms with van der Waals surface area (Å²) in [6, 6.07) is 16.2. The fraction of sp³-hybridized carbons (Fsp3) is 0.217. The number of anilines is 1. The van der Waals surface area contributed by atoms with Gasteiger partial charge >= 0.3 is 0 Å². The Hall–Kier alpha value is -3.41. The molecule has 29 heavy (non-hydrogen) atoms. The van der Waals surface area contributed by atoms with Crippen molar-refractivity contribution in [3.63, 3.8) is 0 Å². The molecule has 6 heteroatoms. The molecule has 2 aromatic carbocycles. The van der Waals surface area contributed by atoms with Crippen molar-refractivity contribution >= 4 is 17.5 Å². The van der Waals surface area contributed by atoms with Crippen LogP contribution in [-0.2, 0) is 5.54 Å². The van der Waals surface area contributed by atoms with Crippen LogP contribution in [0.4, 0.5) is 10.1 Å². The quantitative estimate of drug-likeness (QED) is 0.651. The van der Waals surface area contributed by atoms with Crippen molar-refractivity contribution in [3.05, 3.63) is 89.6 Å². The highest BCUT2D eigenvalue weighted by Gasteiger charge is 2.37. The third-order valence-electron chi connectivity index (χ3n) is 5.36. The maximum absolute atomic E-state index is 13.3. The third-order valence-corrected chi connectivity index (χ3v) is 5.36. The number of hydrogen-bond donors (Lipinski definition) is 2. The van der Waals surface area contributed by atoms with Gasteiger partial charge in [-0.3, -0.25) is 9.59 Å². The summed E-state index contributed by atoms with van der Waals surface area (Å²) in [5.74, 6) is -0.622. The number of benzene rings is 2. The number of hydrogen-bond acceptors (Lipinski definition) is 3. The number of amides is 2. The van der Waals surface area contributed by atoms with Gasteiger partial charge < -0.3 is 15.1 Å². The van der Waals surface area contributed by atoms with Gasteiger partial charge in [-0.15, -0.1) is 0 Å². The van der Waals surface area contributed by atoms with Crippen LogP contribution in [0.15, 0.2) is 71.3 Å². The van der Waals surface area contributed by atoms with Gasteiger partial charge in [0.15, 0.2) is 5.76 Å². The lowest BCUT2D eigenvalue weighted by Crippen LogP contribution is -2.43. The van der Waals surface area contributed by atoms with Crippen LogP contribution in [0, 0.1) is 5.82 Å². The monoisotopic (exact) mass is 392 g/mol. The van der Waals surface area contributed by atoms with Crippen LogP contribution in [0.5, 0.6) is 0 Å². The van der Waals surface area contributed by atoms with Gasteiger partial charge in [0, 0.05) is 11.3 Å². The lowest BCUT2D eigenvalue weighted by atomic mass is 9.87. The lowest BCUT2D eigenvalue weighted by molar-refractivity contribution is 0.0897. The Morgan fingerprint density at radius 2 is 1.59 bits per heavy atom.